The predicted molar refractivity (Wildman–Crippen MR) is 103 cm³/mol. The van der Waals surface area contributed by atoms with Crippen molar-refractivity contribution >= 4 is 21.6 Å². The molecule has 0 unspecified atom stereocenters. The zero-order valence-electron chi connectivity index (χ0n) is 14.4. The third kappa shape index (κ3) is 4.15. The Morgan fingerprint density at radius 1 is 0.889 bits per heavy atom. The van der Waals surface area contributed by atoms with E-state index in [1.807, 2.05) is 54.6 Å². The third-order valence-electron chi connectivity index (χ3n) is 4.15. The zero-order valence-corrected chi connectivity index (χ0v) is 15.2. The van der Waals surface area contributed by atoms with E-state index in [2.05, 4.69) is 21.0 Å². The van der Waals surface area contributed by atoms with Gasteiger partial charge in [0.05, 0.1) is 39.1 Å². The first-order chi connectivity index (χ1) is 13.2. The third-order valence-corrected chi connectivity index (χ3v) is 5.16. The lowest BCUT2D eigenvalue weighted by Crippen LogP contribution is -2.02. The Morgan fingerprint density at radius 2 is 1.67 bits per heavy atom. The summed E-state index contributed by atoms with van der Waals surface area (Å²) < 4.78 is 14.9. The second kappa shape index (κ2) is 7.60. The highest BCUT2D eigenvalue weighted by atomic mass is 32.1. The molecule has 0 saturated heterocycles. The van der Waals surface area contributed by atoms with Crippen molar-refractivity contribution in [1.82, 2.24) is 15.0 Å². The molecule has 0 bridgehead atoms. The molecule has 4 aromatic rings. The molecular formula is C21H15FN4S. The summed E-state index contributed by atoms with van der Waals surface area (Å²) >= 11 is 1.54. The summed E-state index contributed by atoms with van der Waals surface area (Å²) in [6, 6.07) is 19.7. The minimum atomic E-state index is -0.712. The fourth-order valence-electron chi connectivity index (χ4n) is 2.95. The summed E-state index contributed by atoms with van der Waals surface area (Å²) in [6.45, 7) is 0. The average molecular weight is 374 g/mol. The van der Waals surface area contributed by atoms with Crippen molar-refractivity contribution in [3.63, 3.8) is 0 Å². The van der Waals surface area contributed by atoms with Crippen LogP contribution >= 0.6 is 11.3 Å². The maximum atomic E-state index is 13.9. The van der Waals surface area contributed by atoms with Gasteiger partial charge in [-0.2, -0.15) is 9.65 Å². The second-order valence-electron chi connectivity index (χ2n) is 6.20. The van der Waals surface area contributed by atoms with Gasteiger partial charge in [0.2, 0.25) is 0 Å². The van der Waals surface area contributed by atoms with Gasteiger partial charge in [0.15, 0.2) is 0 Å². The fourth-order valence-corrected chi connectivity index (χ4v) is 4.00. The average Bonchev–Trinajstić information content (AvgIpc) is 3.04. The number of nitriles is 1. The fraction of sp³-hybridized carbons (Fsp3) is 0.143. The van der Waals surface area contributed by atoms with Gasteiger partial charge in [-0.05, 0) is 29.3 Å². The van der Waals surface area contributed by atoms with Crippen LogP contribution in [0, 0.1) is 17.4 Å². The lowest BCUT2D eigenvalue weighted by atomic mass is 10.1. The number of fused-ring (bicyclic) bond motifs is 1. The molecule has 0 aliphatic rings. The Kier molecular flexibility index (Phi) is 4.86. The molecule has 27 heavy (non-hydrogen) atoms. The van der Waals surface area contributed by atoms with Crippen molar-refractivity contribution in [3.8, 4) is 6.07 Å². The van der Waals surface area contributed by atoms with Gasteiger partial charge in [-0.15, -0.1) is 11.3 Å². The van der Waals surface area contributed by atoms with Crippen LogP contribution < -0.4 is 0 Å². The van der Waals surface area contributed by atoms with E-state index < -0.39 is 6.08 Å². The summed E-state index contributed by atoms with van der Waals surface area (Å²) in [7, 11) is 0. The summed E-state index contributed by atoms with van der Waals surface area (Å²) in [5.41, 5.74) is 4.20. The van der Waals surface area contributed by atoms with E-state index in [9.17, 15) is 4.39 Å². The van der Waals surface area contributed by atoms with Gasteiger partial charge in [0, 0.05) is 12.8 Å². The molecule has 0 aliphatic heterocycles. The lowest BCUT2D eigenvalue weighted by molar-refractivity contribution is 0.527. The van der Waals surface area contributed by atoms with Gasteiger partial charge >= 0.3 is 6.08 Å². The number of halogens is 1. The molecule has 0 amide bonds. The van der Waals surface area contributed by atoms with Crippen LogP contribution in [-0.2, 0) is 19.3 Å². The standard InChI is InChI=1S/C21H15FN4S/c22-21-24-16(10-14-4-2-1-3-5-14)12-17(25-21)13-20-26-18-7-6-15(8-9-23)11-19(18)27-20/h1-7,11-12H,8,10,13H2. The van der Waals surface area contributed by atoms with E-state index in [1.165, 1.54) is 0 Å². The van der Waals surface area contributed by atoms with Crippen LogP contribution in [0.4, 0.5) is 4.39 Å². The molecule has 6 heteroatoms. The molecule has 4 rings (SSSR count). The Morgan fingerprint density at radius 3 is 2.44 bits per heavy atom. The summed E-state index contributed by atoms with van der Waals surface area (Å²) in [6.07, 6.45) is 0.679. The number of benzene rings is 2. The topological polar surface area (TPSA) is 62.5 Å². The zero-order chi connectivity index (χ0) is 18.6. The van der Waals surface area contributed by atoms with E-state index >= 15 is 0 Å². The summed E-state index contributed by atoms with van der Waals surface area (Å²) in [4.78, 5) is 12.5. The van der Waals surface area contributed by atoms with Crippen LogP contribution in [0.2, 0.25) is 0 Å². The molecule has 2 aromatic carbocycles. The quantitative estimate of drug-likeness (QED) is 0.484. The summed E-state index contributed by atoms with van der Waals surface area (Å²) in [5.74, 6) is 0. The number of aromatic nitrogens is 3. The second-order valence-corrected chi connectivity index (χ2v) is 7.32. The van der Waals surface area contributed by atoms with Gasteiger partial charge in [-0.25, -0.2) is 15.0 Å². The first kappa shape index (κ1) is 17.3. The van der Waals surface area contributed by atoms with E-state index in [1.54, 1.807) is 11.3 Å². The predicted octanol–water partition coefficient (Wildman–Crippen LogP) is 4.47. The highest BCUT2D eigenvalue weighted by molar-refractivity contribution is 7.18. The highest BCUT2D eigenvalue weighted by Gasteiger charge is 2.10. The number of hydrogen-bond donors (Lipinski definition) is 0. The van der Waals surface area contributed by atoms with Crippen LogP contribution in [0.1, 0.15) is 27.5 Å². The van der Waals surface area contributed by atoms with Crippen LogP contribution in [-0.4, -0.2) is 15.0 Å². The van der Waals surface area contributed by atoms with Crippen molar-refractivity contribution in [2.45, 2.75) is 19.3 Å². The lowest BCUT2D eigenvalue weighted by Gasteiger charge is -2.04. The van der Waals surface area contributed by atoms with Gasteiger partial charge < -0.3 is 0 Å². The molecule has 132 valence electrons. The van der Waals surface area contributed by atoms with Crippen LogP contribution in [0.25, 0.3) is 10.2 Å². The molecule has 0 aliphatic carbocycles. The number of nitrogens with zero attached hydrogens (tertiary/aromatic N) is 4. The normalized spacial score (nSPS) is 10.8. The van der Waals surface area contributed by atoms with Crippen LogP contribution in [0.5, 0.6) is 0 Å². The molecular weight excluding hydrogens is 359 g/mol. The molecule has 0 fully saturated rings. The molecule has 0 atom stereocenters. The van der Waals surface area contributed by atoms with Gasteiger partial charge in [0.1, 0.15) is 0 Å². The van der Waals surface area contributed by atoms with Crippen molar-refractivity contribution in [2.75, 3.05) is 0 Å². The maximum absolute atomic E-state index is 13.9. The maximum Gasteiger partial charge on any atom is 0.309 e. The van der Waals surface area contributed by atoms with Gasteiger partial charge in [-0.1, -0.05) is 36.4 Å². The Hall–Kier alpha value is -3.17. The molecule has 0 spiro atoms. The molecule has 0 radical (unpaired) electrons. The first-order valence-electron chi connectivity index (χ1n) is 8.51. The van der Waals surface area contributed by atoms with Gasteiger partial charge in [0.25, 0.3) is 0 Å². The van der Waals surface area contributed by atoms with Crippen molar-refractivity contribution in [1.29, 1.82) is 5.26 Å². The number of rotatable bonds is 5. The molecule has 0 N–H and O–H groups in total. The Balaban J connectivity index is 1.58. The molecule has 4 nitrogen and oxygen atoms in total. The summed E-state index contributed by atoms with van der Waals surface area (Å²) in [5, 5.41) is 9.70. The van der Waals surface area contributed by atoms with Gasteiger partial charge in [-0.3, -0.25) is 0 Å². The van der Waals surface area contributed by atoms with Crippen LogP contribution in [0.15, 0.2) is 54.6 Å². The highest BCUT2D eigenvalue weighted by Crippen LogP contribution is 2.25. The van der Waals surface area contributed by atoms with E-state index in [4.69, 9.17) is 5.26 Å². The first-order valence-corrected chi connectivity index (χ1v) is 9.33. The van der Waals surface area contributed by atoms with E-state index in [0.717, 1.165) is 26.4 Å². The van der Waals surface area contributed by atoms with Crippen molar-refractivity contribution in [3.05, 3.63) is 88.2 Å². The monoisotopic (exact) mass is 374 g/mol. The minimum Gasteiger partial charge on any atom is -0.241 e. The number of thiazole rings is 1. The minimum absolute atomic E-state index is 0.378. The van der Waals surface area contributed by atoms with Crippen molar-refractivity contribution in [2.24, 2.45) is 0 Å². The Labute approximate surface area is 160 Å². The van der Waals surface area contributed by atoms with E-state index in [0.29, 0.717) is 30.7 Å². The SMILES string of the molecule is N#CCc1ccc2nc(Cc3cc(Cc4ccccc4)nc(F)n3)sc2c1. The Bertz CT molecular complexity index is 1130. The van der Waals surface area contributed by atoms with E-state index in [-0.39, 0.29) is 0 Å². The van der Waals surface area contributed by atoms with Crippen LogP contribution in [0.3, 0.4) is 0 Å². The van der Waals surface area contributed by atoms with Crippen molar-refractivity contribution < 1.29 is 4.39 Å². The number of hydrogen-bond acceptors (Lipinski definition) is 5. The molecule has 2 aromatic heterocycles. The molecule has 0 saturated carbocycles. The largest absolute Gasteiger partial charge is 0.309 e. The molecule has 2 heterocycles. The smallest absolute Gasteiger partial charge is 0.241 e.